The van der Waals surface area contributed by atoms with Crippen molar-refractivity contribution in [3.8, 4) is 5.75 Å². The van der Waals surface area contributed by atoms with E-state index in [2.05, 4.69) is 14.9 Å². The quantitative estimate of drug-likeness (QED) is 0.628. The number of rotatable bonds is 6. The molecule has 1 N–H and O–H groups in total. The molecule has 4 rings (SSSR count). The highest BCUT2D eigenvalue weighted by Gasteiger charge is 2.24. The highest BCUT2D eigenvalue weighted by Crippen LogP contribution is 2.21. The van der Waals surface area contributed by atoms with E-state index < -0.39 is 0 Å². The Labute approximate surface area is 188 Å². The number of aryl methyl sites for hydroxylation is 2. The van der Waals surface area contributed by atoms with Crippen LogP contribution >= 0.6 is 12.4 Å². The molecule has 1 aromatic heterocycles. The number of carbonyl (C=O) groups excluding carboxylic acids is 1. The van der Waals surface area contributed by atoms with E-state index in [0.717, 1.165) is 41.1 Å². The lowest BCUT2D eigenvalue weighted by Crippen LogP contribution is -2.53. The van der Waals surface area contributed by atoms with Gasteiger partial charge >= 0.3 is 6.09 Å². The van der Waals surface area contributed by atoms with E-state index in [0.29, 0.717) is 26.3 Å². The Balaban J connectivity index is 0.00000272. The van der Waals surface area contributed by atoms with Crippen LogP contribution in [0.15, 0.2) is 48.5 Å². The maximum absolute atomic E-state index is 12.4. The van der Waals surface area contributed by atoms with Crippen LogP contribution in [-0.4, -0.2) is 52.8 Å². The summed E-state index contributed by atoms with van der Waals surface area (Å²) in [4.78, 5) is 18.7. The standard InChI is InChI=1S/C23H28N4O3.ClH/c1-17-25-21-14-20(8-9-22(21)26(17)2)29-13-10-19-15-27(12-11-24-19)23(28)30-16-18-6-4-3-5-7-18;/h3-9,14,19,24H,10-13,15-16H2,1-2H3;1H/t19-;/m1./s1. The number of nitrogens with zero attached hydrogens (tertiary/aromatic N) is 3. The van der Waals surface area contributed by atoms with Gasteiger partial charge in [0.25, 0.3) is 0 Å². The molecule has 1 aliphatic heterocycles. The second kappa shape index (κ2) is 10.5. The molecule has 0 saturated carbocycles. The van der Waals surface area contributed by atoms with Crippen LogP contribution in [0.5, 0.6) is 5.75 Å². The van der Waals surface area contributed by atoms with E-state index in [-0.39, 0.29) is 24.5 Å². The van der Waals surface area contributed by atoms with Gasteiger partial charge in [-0.05, 0) is 31.0 Å². The zero-order valence-electron chi connectivity index (χ0n) is 17.9. The fourth-order valence-electron chi connectivity index (χ4n) is 3.70. The van der Waals surface area contributed by atoms with E-state index in [4.69, 9.17) is 9.47 Å². The number of benzene rings is 2. The third-order valence-electron chi connectivity index (χ3n) is 5.53. The number of halogens is 1. The predicted molar refractivity (Wildman–Crippen MR) is 123 cm³/mol. The third kappa shape index (κ3) is 5.68. The maximum atomic E-state index is 12.4. The number of hydrogen-bond donors (Lipinski definition) is 1. The summed E-state index contributed by atoms with van der Waals surface area (Å²) in [6, 6.07) is 15.9. The van der Waals surface area contributed by atoms with Crippen LogP contribution in [-0.2, 0) is 18.4 Å². The van der Waals surface area contributed by atoms with Crippen molar-refractivity contribution < 1.29 is 14.3 Å². The van der Waals surface area contributed by atoms with Gasteiger partial charge in [0.15, 0.2) is 0 Å². The molecule has 1 fully saturated rings. The van der Waals surface area contributed by atoms with Crippen molar-refractivity contribution in [2.45, 2.75) is 26.0 Å². The summed E-state index contributed by atoms with van der Waals surface area (Å²) in [7, 11) is 2.01. The fourth-order valence-corrected chi connectivity index (χ4v) is 3.70. The molecule has 166 valence electrons. The van der Waals surface area contributed by atoms with Crippen molar-refractivity contribution in [2.24, 2.45) is 7.05 Å². The SMILES string of the molecule is Cc1nc2cc(OCC[C@@H]3CN(C(=O)OCc4ccccc4)CCN3)ccc2n1C.Cl. The molecular weight excluding hydrogens is 416 g/mol. The van der Waals surface area contributed by atoms with E-state index in [1.807, 2.05) is 62.5 Å². The number of hydrogen-bond acceptors (Lipinski definition) is 5. The van der Waals surface area contributed by atoms with Crippen LogP contribution in [0.2, 0.25) is 0 Å². The molecule has 0 unspecified atom stereocenters. The lowest BCUT2D eigenvalue weighted by Gasteiger charge is -2.33. The van der Waals surface area contributed by atoms with Crippen LogP contribution in [0.1, 0.15) is 17.8 Å². The van der Waals surface area contributed by atoms with Crippen LogP contribution in [0.3, 0.4) is 0 Å². The molecule has 0 aliphatic carbocycles. The van der Waals surface area contributed by atoms with Crippen molar-refractivity contribution >= 4 is 29.5 Å². The van der Waals surface area contributed by atoms with Gasteiger partial charge in [-0.25, -0.2) is 9.78 Å². The first-order valence-electron chi connectivity index (χ1n) is 10.3. The average molecular weight is 445 g/mol. The summed E-state index contributed by atoms with van der Waals surface area (Å²) < 4.78 is 13.5. The smallest absolute Gasteiger partial charge is 0.410 e. The maximum Gasteiger partial charge on any atom is 0.410 e. The van der Waals surface area contributed by atoms with Crippen LogP contribution in [0, 0.1) is 6.92 Å². The number of nitrogens with one attached hydrogen (secondary N) is 1. The Kier molecular flexibility index (Phi) is 7.76. The molecule has 1 saturated heterocycles. The fraction of sp³-hybridized carbons (Fsp3) is 0.391. The molecule has 1 amide bonds. The summed E-state index contributed by atoms with van der Waals surface area (Å²) in [6.07, 6.45) is 0.545. The molecule has 1 atom stereocenters. The Bertz CT molecular complexity index is 1010. The molecule has 1 aliphatic rings. The van der Waals surface area contributed by atoms with E-state index >= 15 is 0 Å². The van der Waals surface area contributed by atoms with Crippen LogP contribution < -0.4 is 10.1 Å². The zero-order valence-corrected chi connectivity index (χ0v) is 18.7. The van der Waals surface area contributed by atoms with Gasteiger partial charge in [-0.3, -0.25) is 0 Å². The number of imidazole rings is 1. The Morgan fingerprint density at radius 3 is 2.84 bits per heavy atom. The van der Waals surface area contributed by atoms with Gasteiger partial charge < -0.3 is 24.3 Å². The molecule has 2 heterocycles. The molecule has 0 radical (unpaired) electrons. The van der Waals surface area contributed by atoms with Crippen molar-refractivity contribution in [2.75, 3.05) is 26.2 Å². The van der Waals surface area contributed by atoms with E-state index in [1.165, 1.54) is 0 Å². The molecule has 7 nitrogen and oxygen atoms in total. The predicted octanol–water partition coefficient (Wildman–Crippen LogP) is 3.68. The number of fused-ring (bicyclic) bond motifs is 1. The number of amides is 1. The van der Waals surface area contributed by atoms with Crippen molar-refractivity contribution in [1.29, 1.82) is 0 Å². The summed E-state index contributed by atoms with van der Waals surface area (Å²) in [5, 5.41) is 3.46. The normalized spacial score (nSPS) is 16.1. The molecule has 8 heteroatoms. The monoisotopic (exact) mass is 444 g/mol. The first-order chi connectivity index (χ1) is 14.6. The van der Waals surface area contributed by atoms with Gasteiger partial charge in [-0.15, -0.1) is 12.4 Å². The number of carbonyl (C=O) groups is 1. The van der Waals surface area contributed by atoms with Gasteiger partial charge in [-0.1, -0.05) is 30.3 Å². The van der Waals surface area contributed by atoms with Gasteiger partial charge in [0.1, 0.15) is 18.2 Å². The molecule has 2 aromatic carbocycles. The first-order valence-corrected chi connectivity index (χ1v) is 10.3. The molecule has 0 spiro atoms. The van der Waals surface area contributed by atoms with Crippen LogP contribution in [0.4, 0.5) is 4.79 Å². The molecule has 3 aromatic rings. The summed E-state index contributed by atoms with van der Waals surface area (Å²) in [5.41, 5.74) is 3.03. The zero-order chi connectivity index (χ0) is 20.9. The topological polar surface area (TPSA) is 68.6 Å². The number of aromatic nitrogens is 2. The van der Waals surface area contributed by atoms with Gasteiger partial charge in [0.2, 0.25) is 0 Å². The highest BCUT2D eigenvalue weighted by molar-refractivity contribution is 5.85. The van der Waals surface area contributed by atoms with E-state index in [9.17, 15) is 4.79 Å². The molecule has 0 bridgehead atoms. The van der Waals surface area contributed by atoms with Crippen LogP contribution in [0.25, 0.3) is 11.0 Å². The molecular formula is C23H29ClN4O3. The van der Waals surface area contributed by atoms with E-state index in [1.54, 1.807) is 4.90 Å². The largest absolute Gasteiger partial charge is 0.493 e. The Morgan fingerprint density at radius 2 is 2.03 bits per heavy atom. The Morgan fingerprint density at radius 1 is 1.23 bits per heavy atom. The minimum Gasteiger partial charge on any atom is -0.493 e. The summed E-state index contributed by atoms with van der Waals surface area (Å²) >= 11 is 0. The summed E-state index contributed by atoms with van der Waals surface area (Å²) in [6.45, 7) is 4.89. The highest BCUT2D eigenvalue weighted by atomic mass is 35.5. The third-order valence-corrected chi connectivity index (χ3v) is 5.53. The number of ether oxygens (including phenoxy) is 2. The van der Waals surface area contributed by atoms with Crippen molar-refractivity contribution in [1.82, 2.24) is 19.8 Å². The van der Waals surface area contributed by atoms with Crippen molar-refractivity contribution in [3.05, 3.63) is 59.9 Å². The second-order valence-corrected chi connectivity index (χ2v) is 7.64. The van der Waals surface area contributed by atoms with Gasteiger partial charge in [-0.2, -0.15) is 0 Å². The minimum absolute atomic E-state index is 0. The minimum atomic E-state index is -0.262. The first kappa shape index (κ1) is 22.9. The molecule has 31 heavy (non-hydrogen) atoms. The Hall–Kier alpha value is -2.77. The summed E-state index contributed by atoms with van der Waals surface area (Å²) in [5.74, 6) is 1.79. The van der Waals surface area contributed by atoms with Gasteiger partial charge in [0.05, 0.1) is 17.6 Å². The van der Waals surface area contributed by atoms with Gasteiger partial charge in [0, 0.05) is 38.8 Å². The average Bonchev–Trinajstić information content (AvgIpc) is 3.06. The lowest BCUT2D eigenvalue weighted by atomic mass is 10.1. The lowest BCUT2D eigenvalue weighted by molar-refractivity contribution is 0.0827. The van der Waals surface area contributed by atoms with Crippen molar-refractivity contribution in [3.63, 3.8) is 0 Å². The second-order valence-electron chi connectivity index (χ2n) is 7.64. The number of piperazine rings is 1.